The molecule has 2 aromatic carbocycles. The van der Waals surface area contributed by atoms with Crippen LogP contribution in [0, 0.1) is 11.3 Å². The smallest absolute Gasteiger partial charge is 0.162 e. The molecule has 5 nitrogen and oxygen atoms in total. The van der Waals surface area contributed by atoms with Crippen molar-refractivity contribution in [2.75, 3.05) is 20.8 Å². The third-order valence-corrected chi connectivity index (χ3v) is 4.09. The average molecular weight is 321 g/mol. The first-order valence-corrected chi connectivity index (χ1v) is 7.78. The number of methoxy groups -OCH3 is 2. The maximum Gasteiger partial charge on any atom is 0.162 e. The van der Waals surface area contributed by atoms with E-state index >= 15 is 0 Å². The van der Waals surface area contributed by atoms with Gasteiger partial charge in [0.2, 0.25) is 0 Å². The second-order valence-corrected chi connectivity index (χ2v) is 5.47. The van der Waals surface area contributed by atoms with Crippen LogP contribution in [0.4, 0.5) is 0 Å². The van der Waals surface area contributed by atoms with Crippen molar-refractivity contribution in [1.82, 2.24) is 5.01 Å². The highest BCUT2D eigenvalue weighted by Crippen LogP contribution is 2.34. The minimum Gasteiger partial charge on any atom is -0.497 e. The summed E-state index contributed by atoms with van der Waals surface area (Å²) in [7, 11) is 3.20. The molecule has 0 saturated carbocycles. The Morgan fingerprint density at radius 1 is 1.12 bits per heavy atom. The van der Waals surface area contributed by atoms with Gasteiger partial charge in [0.05, 0.1) is 26.0 Å². The van der Waals surface area contributed by atoms with E-state index in [0.29, 0.717) is 18.0 Å². The highest BCUT2D eigenvalue weighted by atomic mass is 16.5. The van der Waals surface area contributed by atoms with Crippen LogP contribution in [-0.2, 0) is 0 Å². The van der Waals surface area contributed by atoms with Crippen LogP contribution in [0.2, 0.25) is 0 Å². The number of nitrogens with zero attached hydrogens (tertiary/aromatic N) is 3. The third-order valence-electron chi connectivity index (χ3n) is 4.09. The lowest BCUT2D eigenvalue weighted by Crippen LogP contribution is -2.20. The van der Waals surface area contributed by atoms with Crippen LogP contribution in [0.3, 0.4) is 0 Å². The highest BCUT2D eigenvalue weighted by molar-refractivity contribution is 6.01. The summed E-state index contributed by atoms with van der Waals surface area (Å²) in [5.41, 5.74) is 2.89. The molecule has 0 unspecified atom stereocenters. The first-order valence-electron chi connectivity index (χ1n) is 7.78. The molecule has 0 amide bonds. The Bertz CT molecular complexity index is 781. The Hall–Kier alpha value is -3.00. The fourth-order valence-electron chi connectivity index (χ4n) is 2.84. The van der Waals surface area contributed by atoms with E-state index in [2.05, 4.69) is 11.2 Å². The molecule has 24 heavy (non-hydrogen) atoms. The Balaban J connectivity index is 1.91. The number of hydrogen-bond acceptors (Lipinski definition) is 5. The van der Waals surface area contributed by atoms with Crippen molar-refractivity contribution in [1.29, 1.82) is 5.26 Å². The van der Waals surface area contributed by atoms with Gasteiger partial charge in [0.15, 0.2) is 6.04 Å². The predicted molar refractivity (Wildman–Crippen MR) is 92.2 cm³/mol. The molecule has 0 N–H and O–H groups in total. The number of rotatable bonds is 5. The SMILES string of the molecule is COc1ccc([C@H](C#N)N2CCC(c3ccccc3)=N2)c(OC)c1. The van der Waals surface area contributed by atoms with Gasteiger partial charge in [-0.05, 0) is 17.7 Å². The van der Waals surface area contributed by atoms with Gasteiger partial charge in [0, 0.05) is 24.6 Å². The van der Waals surface area contributed by atoms with Gasteiger partial charge in [0.25, 0.3) is 0 Å². The minimum atomic E-state index is -0.493. The summed E-state index contributed by atoms with van der Waals surface area (Å²) in [6.07, 6.45) is 0.820. The summed E-state index contributed by atoms with van der Waals surface area (Å²) in [6.45, 7) is 0.706. The molecule has 1 aliphatic rings. The van der Waals surface area contributed by atoms with Crippen LogP contribution in [0.5, 0.6) is 11.5 Å². The summed E-state index contributed by atoms with van der Waals surface area (Å²) >= 11 is 0. The van der Waals surface area contributed by atoms with Crippen molar-refractivity contribution in [3.8, 4) is 17.6 Å². The van der Waals surface area contributed by atoms with Gasteiger partial charge < -0.3 is 9.47 Å². The van der Waals surface area contributed by atoms with Crippen molar-refractivity contribution < 1.29 is 9.47 Å². The predicted octanol–water partition coefficient (Wildman–Crippen LogP) is 3.38. The summed E-state index contributed by atoms with van der Waals surface area (Å²) in [4.78, 5) is 0. The van der Waals surface area contributed by atoms with Gasteiger partial charge in [-0.2, -0.15) is 10.4 Å². The molecular weight excluding hydrogens is 302 g/mol. The zero-order chi connectivity index (χ0) is 16.9. The Labute approximate surface area is 141 Å². The van der Waals surface area contributed by atoms with Crippen molar-refractivity contribution in [3.63, 3.8) is 0 Å². The molecule has 0 fully saturated rings. The van der Waals surface area contributed by atoms with Gasteiger partial charge in [-0.25, -0.2) is 0 Å². The molecule has 1 heterocycles. The molecule has 0 radical (unpaired) electrons. The fraction of sp³-hybridized carbons (Fsp3) is 0.263. The largest absolute Gasteiger partial charge is 0.497 e. The van der Waals surface area contributed by atoms with E-state index in [9.17, 15) is 5.26 Å². The summed E-state index contributed by atoms with van der Waals surface area (Å²) < 4.78 is 10.7. The number of hydrazone groups is 1. The van der Waals surface area contributed by atoms with E-state index in [4.69, 9.17) is 9.47 Å². The number of ether oxygens (including phenoxy) is 2. The number of hydrogen-bond donors (Lipinski definition) is 0. The van der Waals surface area contributed by atoms with Crippen LogP contribution in [0.15, 0.2) is 53.6 Å². The van der Waals surface area contributed by atoms with Gasteiger partial charge in [-0.15, -0.1) is 0 Å². The van der Waals surface area contributed by atoms with E-state index in [1.807, 2.05) is 47.5 Å². The molecular formula is C19H19N3O2. The molecule has 0 bridgehead atoms. The fourth-order valence-corrected chi connectivity index (χ4v) is 2.84. The van der Waals surface area contributed by atoms with Gasteiger partial charge in [-0.1, -0.05) is 30.3 Å². The second-order valence-electron chi connectivity index (χ2n) is 5.47. The Morgan fingerprint density at radius 2 is 1.92 bits per heavy atom. The zero-order valence-corrected chi connectivity index (χ0v) is 13.8. The van der Waals surface area contributed by atoms with Crippen LogP contribution in [-0.4, -0.2) is 31.5 Å². The molecule has 0 spiro atoms. The van der Waals surface area contributed by atoms with E-state index in [-0.39, 0.29) is 0 Å². The van der Waals surface area contributed by atoms with Crippen LogP contribution in [0.1, 0.15) is 23.6 Å². The maximum atomic E-state index is 9.70. The lowest BCUT2D eigenvalue weighted by atomic mass is 10.1. The zero-order valence-electron chi connectivity index (χ0n) is 13.8. The maximum absolute atomic E-state index is 9.70. The first-order chi connectivity index (χ1) is 11.8. The summed E-state index contributed by atoms with van der Waals surface area (Å²) in [5.74, 6) is 1.33. The molecule has 1 atom stereocenters. The monoisotopic (exact) mass is 321 g/mol. The second kappa shape index (κ2) is 7.05. The lowest BCUT2D eigenvalue weighted by molar-refractivity contribution is 0.267. The minimum absolute atomic E-state index is 0.493. The lowest BCUT2D eigenvalue weighted by Gasteiger charge is -2.22. The molecule has 1 aliphatic heterocycles. The topological polar surface area (TPSA) is 57.8 Å². The number of nitriles is 1. The van der Waals surface area contributed by atoms with Crippen molar-refractivity contribution in [2.24, 2.45) is 5.10 Å². The van der Waals surface area contributed by atoms with E-state index in [0.717, 1.165) is 23.3 Å². The third kappa shape index (κ3) is 3.04. The van der Waals surface area contributed by atoms with Crippen molar-refractivity contribution >= 4 is 5.71 Å². The molecule has 5 heteroatoms. The van der Waals surface area contributed by atoms with Crippen LogP contribution in [0.25, 0.3) is 0 Å². The molecule has 0 aromatic heterocycles. The quantitative estimate of drug-likeness (QED) is 0.847. The highest BCUT2D eigenvalue weighted by Gasteiger charge is 2.27. The molecule has 0 aliphatic carbocycles. The van der Waals surface area contributed by atoms with Gasteiger partial charge >= 0.3 is 0 Å². The molecule has 0 saturated heterocycles. The summed E-state index contributed by atoms with van der Waals surface area (Å²) in [5, 5.41) is 16.2. The van der Waals surface area contributed by atoms with E-state index in [1.54, 1.807) is 20.3 Å². The van der Waals surface area contributed by atoms with Crippen LogP contribution >= 0.6 is 0 Å². The molecule has 122 valence electrons. The molecule has 2 aromatic rings. The normalized spacial score (nSPS) is 14.7. The van der Waals surface area contributed by atoms with Gasteiger partial charge in [0.1, 0.15) is 11.5 Å². The average Bonchev–Trinajstić information content (AvgIpc) is 3.13. The first kappa shape index (κ1) is 15.9. The standard InChI is InChI=1S/C19H19N3O2/c1-23-15-8-9-16(19(12-15)24-2)18(13-20)22-11-10-17(21-22)14-6-4-3-5-7-14/h3-9,12,18H,10-11H2,1-2H3/t18-/m0/s1. The molecule has 3 rings (SSSR count). The Kier molecular flexibility index (Phi) is 4.66. The van der Waals surface area contributed by atoms with Crippen molar-refractivity contribution in [3.05, 3.63) is 59.7 Å². The van der Waals surface area contributed by atoms with E-state index in [1.165, 1.54) is 0 Å². The number of benzene rings is 2. The van der Waals surface area contributed by atoms with Crippen LogP contribution < -0.4 is 9.47 Å². The van der Waals surface area contributed by atoms with Gasteiger partial charge in [-0.3, -0.25) is 5.01 Å². The summed E-state index contributed by atoms with van der Waals surface area (Å²) in [6, 6.07) is 17.4. The Morgan fingerprint density at radius 3 is 2.58 bits per heavy atom. The van der Waals surface area contributed by atoms with E-state index < -0.39 is 6.04 Å². The van der Waals surface area contributed by atoms with Crippen molar-refractivity contribution in [2.45, 2.75) is 12.5 Å².